The SMILES string of the molecule is COc1ncc(CCN(C)C(=O)Oc2ccc([N+](=O)[O-])cc2)cc1C(F)(F)F. The lowest BCUT2D eigenvalue weighted by Crippen LogP contribution is -2.31. The maximum Gasteiger partial charge on any atom is 0.421 e. The molecular weight excluding hydrogens is 383 g/mol. The summed E-state index contributed by atoms with van der Waals surface area (Å²) in [6.07, 6.45) is -4.03. The van der Waals surface area contributed by atoms with Crippen molar-refractivity contribution in [1.29, 1.82) is 0 Å². The minimum atomic E-state index is -4.62. The average molecular weight is 399 g/mol. The zero-order valence-electron chi connectivity index (χ0n) is 14.9. The predicted octanol–water partition coefficient (Wildman–Crippen LogP) is 3.69. The van der Waals surface area contributed by atoms with E-state index in [9.17, 15) is 28.1 Å². The number of carbonyl (C=O) groups is 1. The molecule has 1 aromatic carbocycles. The summed E-state index contributed by atoms with van der Waals surface area (Å²) in [6.45, 7) is 0.0666. The third kappa shape index (κ3) is 5.32. The number of non-ortho nitro benzene ring substituents is 1. The molecule has 0 fully saturated rings. The molecule has 0 bridgehead atoms. The maximum atomic E-state index is 13.0. The van der Waals surface area contributed by atoms with Gasteiger partial charge in [-0.25, -0.2) is 9.78 Å². The van der Waals surface area contributed by atoms with E-state index in [2.05, 4.69) is 9.72 Å². The van der Waals surface area contributed by atoms with Crippen LogP contribution >= 0.6 is 0 Å². The van der Waals surface area contributed by atoms with Crippen LogP contribution in [0.1, 0.15) is 11.1 Å². The predicted molar refractivity (Wildman–Crippen MR) is 91.2 cm³/mol. The number of hydrogen-bond donors (Lipinski definition) is 0. The minimum Gasteiger partial charge on any atom is -0.481 e. The van der Waals surface area contributed by atoms with Crippen molar-refractivity contribution in [2.24, 2.45) is 0 Å². The molecule has 0 saturated carbocycles. The summed E-state index contributed by atoms with van der Waals surface area (Å²) in [7, 11) is 2.51. The number of halogens is 3. The zero-order valence-corrected chi connectivity index (χ0v) is 14.9. The van der Waals surface area contributed by atoms with Crippen LogP contribution in [0, 0.1) is 10.1 Å². The number of aromatic nitrogens is 1. The van der Waals surface area contributed by atoms with Crippen LogP contribution in [-0.4, -0.2) is 41.6 Å². The van der Waals surface area contributed by atoms with Crippen molar-refractivity contribution in [2.45, 2.75) is 12.6 Å². The smallest absolute Gasteiger partial charge is 0.421 e. The first kappa shape index (κ1) is 20.9. The number of carbonyl (C=O) groups excluding carboxylic acids is 1. The number of ether oxygens (including phenoxy) is 2. The molecule has 0 radical (unpaired) electrons. The molecule has 150 valence electrons. The van der Waals surface area contributed by atoms with Gasteiger partial charge in [0, 0.05) is 31.9 Å². The van der Waals surface area contributed by atoms with Gasteiger partial charge < -0.3 is 14.4 Å². The van der Waals surface area contributed by atoms with E-state index in [1.807, 2.05) is 0 Å². The molecule has 0 aliphatic heterocycles. The van der Waals surface area contributed by atoms with Gasteiger partial charge in [-0.05, 0) is 30.2 Å². The van der Waals surface area contributed by atoms with E-state index in [0.717, 1.165) is 13.2 Å². The van der Waals surface area contributed by atoms with Crippen LogP contribution in [0.5, 0.6) is 11.6 Å². The van der Waals surface area contributed by atoms with E-state index in [-0.39, 0.29) is 30.0 Å². The van der Waals surface area contributed by atoms with Gasteiger partial charge in [-0.3, -0.25) is 10.1 Å². The summed E-state index contributed by atoms with van der Waals surface area (Å²) in [6, 6.07) is 5.83. The van der Waals surface area contributed by atoms with Crippen molar-refractivity contribution in [1.82, 2.24) is 9.88 Å². The van der Waals surface area contributed by atoms with Gasteiger partial charge in [0.05, 0.1) is 12.0 Å². The molecular formula is C17H16F3N3O5. The molecule has 11 heteroatoms. The lowest BCUT2D eigenvalue weighted by molar-refractivity contribution is -0.384. The molecule has 1 heterocycles. The average Bonchev–Trinajstić information content (AvgIpc) is 2.65. The molecule has 2 rings (SSSR count). The highest BCUT2D eigenvalue weighted by atomic mass is 19.4. The molecule has 28 heavy (non-hydrogen) atoms. The number of rotatable bonds is 6. The summed E-state index contributed by atoms with van der Waals surface area (Å²) >= 11 is 0. The van der Waals surface area contributed by atoms with Crippen molar-refractivity contribution >= 4 is 11.8 Å². The second kappa shape index (κ2) is 8.55. The highest BCUT2D eigenvalue weighted by Crippen LogP contribution is 2.35. The Bertz CT molecular complexity index is 856. The fourth-order valence-electron chi connectivity index (χ4n) is 2.20. The third-order valence-electron chi connectivity index (χ3n) is 3.71. The minimum absolute atomic E-state index is 0.0666. The molecule has 1 aromatic heterocycles. The molecule has 0 atom stereocenters. The second-order valence-corrected chi connectivity index (χ2v) is 5.69. The largest absolute Gasteiger partial charge is 0.481 e. The molecule has 8 nitrogen and oxygen atoms in total. The van der Waals surface area contributed by atoms with Crippen LogP contribution in [0.3, 0.4) is 0 Å². The number of alkyl halides is 3. The lowest BCUT2D eigenvalue weighted by atomic mass is 10.1. The lowest BCUT2D eigenvalue weighted by Gasteiger charge is -2.17. The topological polar surface area (TPSA) is 94.8 Å². The van der Waals surface area contributed by atoms with Gasteiger partial charge in [-0.2, -0.15) is 13.2 Å². The van der Waals surface area contributed by atoms with Crippen LogP contribution < -0.4 is 9.47 Å². The van der Waals surface area contributed by atoms with E-state index >= 15 is 0 Å². The van der Waals surface area contributed by atoms with E-state index < -0.39 is 28.6 Å². The monoisotopic (exact) mass is 399 g/mol. The summed E-state index contributed by atoms with van der Waals surface area (Å²) < 4.78 is 48.7. The van der Waals surface area contributed by atoms with Gasteiger partial charge in [0.25, 0.3) is 5.69 Å². The molecule has 1 amide bonds. The summed E-state index contributed by atoms with van der Waals surface area (Å²) in [5, 5.41) is 10.6. The number of likely N-dealkylation sites (N-methyl/N-ethyl adjacent to an activating group) is 1. The van der Waals surface area contributed by atoms with Crippen LogP contribution in [0.4, 0.5) is 23.7 Å². The van der Waals surface area contributed by atoms with E-state index in [1.54, 1.807) is 0 Å². The van der Waals surface area contributed by atoms with Crippen molar-refractivity contribution in [3.05, 3.63) is 57.8 Å². The Morgan fingerprint density at radius 1 is 1.29 bits per heavy atom. The number of methoxy groups -OCH3 is 1. The maximum absolute atomic E-state index is 13.0. The van der Waals surface area contributed by atoms with Crippen molar-refractivity contribution < 1.29 is 32.4 Å². The Labute approximate surface area is 157 Å². The van der Waals surface area contributed by atoms with Crippen LogP contribution in [0.2, 0.25) is 0 Å². The van der Waals surface area contributed by atoms with Gasteiger partial charge in [-0.1, -0.05) is 0 Å². The Hall–Kier alpha value is -3.37. The van der Waals surface area contributed by atoms with Gasteiger partial charge >= 0.3 is 12.3 Å². The van der Waals surface area contributed by atoms with E-state index in [4.69, 9.17) is 4.74 Å². The summed E-state index contributed by atoms with van der Waals surface area (Å²) in [5.41, 5.74) is -0.882. The number of pyridine rings is 1. The molecule has 0 saturated heterocycles. The number of benzene rings is 1. The second-order valence-electron chi connectivity index (χ2n) is 5.69. The molecule has 0 aliphatic rings. The van der Waals surface area contributed by atoms with Crippen molar-refractivity contribution in [3.8, 4) is 11.6 Å². The first-order valence-corrected chi connectivity index (χ1v) is 7.89. The molecule has 0 unspecified atom stereocenters. The Morgan fingerprint density at radius 3 is 2.46 bits per heavy atom. The highest BCUT2D eigenvalue weighted by Gasteiger charge is 2.35. The number of amides is 1. The van der Waals surface area contributed by atoms with Gasteiger partial charge in [0.2, 0.25) is 5.88 Å². The number of nitro benzene ring substituents is 1. The van der Waals surface area contributed by atoms with Crippen LogP contribution in [-0.2, 0) is 12.6 Å². The first-order chi connectivity index (χ1) is 13.1. The standard InChI is InChI=1S/C17H16F3N3O5/c1-22(16(24)28-13-5-3-12(4-6-13)23(25)26)8-7-11-9-14(17(18,19)20)15(27-2)21-10-11/h3-6,9-10H,7-8H2,1-2H3. The van der Waals surface area contributed by atoms with E-state index in [0.29, 0.717) is 0 Å². The molecule has 0 aliphatic carbocycles. The van der Waals surface area contributed by atoms with Gasteiger partial charge in [0.1, 0.15) is 11.3 Å². The van der Waals surface area contributed by atoms with Crippen molar-refractivity contribution in [3.63, 3.8) is 0 Å². The fraction of sp³-hybridized carbons (Fsp3) is 0.294. The van der Waals surface area contributed by atoms with Gasteiger partial charge in [0.15, 0.2) is 0 Å². The Balaban J connectivity index is 1.98. The summed E-state index contributed by atoms with van der Waals surface area (Å²) in [4.78, 5) is 26.9. The van der Waals surface area contributed by atoms with Crippen LogP contribution in [0.15, 0.2) is 36.5 Å². The zero-order chi connectivity index (χ0) is 20.9. The summed E-state index contributed by atoms with van der Waals surface area (Å²) in [5.74, 6) is -0.421. The number of hydrogen-bond acceptors (Lipinski definition) is 6. The number of nitro groups is 1. The molecule has 0 N–H and O–H groups in total. The normalized spacial score (nSPS) is 11.0. The van der Waals surface area contributed by atoms with Gasteiger partial charge in [-0.15, -0.1) is 0 Å². The van der Waals surface area contributed by atoms with Crippen LogP contribution in [0.25, 0.3) is 0 Å². The number of nitrogens with zero attached hydrogens (tertiary/aromatic N) is 3. The highest BCUT2D eigenvalue weighted by molar-refractivity contribution is 5.70. The Morgan fingerprint density at radius 2 is 1.93 bits per heavy atom. The Kier molecular flexibility index (Phi) is 6.39. The quantitative estimate of drug-likeness (QED) is 0.543. The van der Waals surface area contributed by atoms with E-state index in [1.165, 1.54) is 42.4 Å². The third-order valence-corrected chi connectivity index (χ3v) is 3.71. The first-order valence-electron chi connectivity index (χ1n) is 7.89. The molecule has 0 spiro atoms. The molecule has 2 aromatic rings. The van der Waals surface area contributed by atoms with Crippen molar-refractivity contribution in [2.75, 3.05) is 20.7 Å². The fourth-order valence-corrected chi connectivity index (χ4v) is 2.20.